The molecule has 47 heavy (non-hydrogen) atoms. The average molecular weight is 658 g/mol. The molecule has 246 valence electrons. The van der Waals surface area contributed by atoms with Gasteiger partial charge in [-0.25, -0.2) is 12.8 Å². The number of ether oxygens (including phenoxy) is 1. The van der Waals surface area contributed by atoms with E-state index in [9.17, 15) is 22.4 Å². The van der Waals surface area contributed by atoms with E-state index >= 15 is 0 Å². The Hall–Kier alpha value is -4.70. The van der Waals surface area contributed by atoms with Crippen molar-refractivity contribution < 1.29 is 27.1 Å². The molecule has 0 saturated heterocycles. The average Bonchev–Trinajstić information content (AvgIpc) is 3.59. The number of sulfonamides is 1. The molecule has 8 nitrogen and oxygen atoms in total. The van der Waals surface area contributed by atoms with E-state index in [1.807, 2.05) is 61.5 Å². The van der Waals surface area contributed by atoms with Crippen molar-refractivity contribution in [3.8, 4) is 5.75 Å². The number of benzene rings is 4. The molecule has 4 aromatic carbocycles. The Bertz CT molecular complexity index is 1760. The lowest BCUT2D eigenvalue weighted by Gasteiger charge is -2.34. The molecule has 5 rings (SSSR count). The van der Waals surface area contributed by atoms with Gasteiger partial charge >= 0.3 is 0 Å². The molecule has 4 aromatic rings. The minimum absolute atomic E-state index is 0.0165. The van der Waals surface area contributed by atoms with Crippen LogP contribution >= 0.6 is 0 Å². The molecular formula is C37H40FN3O5S. The van der Waals surface area contributed by atoms with Crippen LogP contribution in [0.15, 0.2) is 108 Å². The summed E-state index contributed by atoms with van der Waals surface area (Å²) in [7, 11) is -2.84. The minimum Gasteiger partial charge on any atom is -0.497 e. The third-order valence-corrected chi connectivity index (χ3v) is 10.2. The van der Waals surface area contributed by atoms with Gasteiger partial charge in [0.05, 0.1) is 17.7 Å². The topological polar surface area (TPSA) is 96.0 Å². The van der Waals surface area contributed by atoms with Crippen LogP contribution in [0, 0.1) is 12.7 Å². The van der Waals surface area contributed by atoms with Gasteiger partial charge < -0.3 is 15.0 Å². The summed E-state index contributed by atoms with van der Waals surface area (Å²) in [5.74, 6) is -0.937. The van der Waals surface area contributed by atoms with E-state index in [-0.39, 0.29) is 35.5 Å². The zero-order valence-corrected chi connectivity index (χ0v) is 27.5. The summed E-state index contributed by atoms with van der Waals surface area (Å²) < 4.78 is 48.4. The fourth-order valence-corrected chi connectivity index (χ4v) is 7.35. The fourth-order valence-electron chi connectivity index (χ4n) is 5.94. The number of anilines is 1. The van der Waals surface area contributed by atoms with Crippen molar-refractivity contribution in [3.63, 3.8) is 0 Å². The first-order chi connectivity index (χ1) is 22.6. The predicted octanol–water partition coefficient (Wildman–Crippen LogP) is 6.04. The molecule has 0 bridgehead atoms. The Morgan fingerprint density at radius 1 is 0.894 bits per heavy atom. The maximum Gasteiger partial charge on any atom is 0.264 e. The summed E-state index contributed by atoms with van der Waals surface area (Å²) in [5.41, 5.74) is 2.76. The Morgan fingerprint density at radius 2 is 1.55 bits per heavy atom. The lowest BCUT2D eigenvalue weighted by molar-refractivity contribution is -0.140. The molecule has 1 saturated carbocycles. The second-order valence-corrected chi connectivity index (χ2v) is 13.7. The van der Waals surface area contributed by atoms with E-state index < -0.39 is 34.3 Å². The van der Waals surface area contributed by atoms with E-state index in [1.165, 1.54) is 48.4 Å². The molecule has 0 aliphatic heterocycles. The van der Waals surface area contributed by atoms with E-state index in [0.717, 1.165) is 58.8 Å². The third kappa shape index (κ3) is 8.56. The normalized spacial score (nSPS) is 13.9. The highest BCUT2D eigenvalue weighted by atomic mass is 32.2. The molecule has 0 spiro atoms. The molecule has 1 N–H and O–H groups in total. The lowest BCUT2D eigenvalue weighted by Crippen LogP contribution is -2.54. The van der Waals surface area contributed by atoms with Gasteiger partial charge in [0, 0.05) is 19.0 Å². The predicted molar refractivity (Wildman–Crippen MR) is 180 cm³/mol. The third-order valence-electron chi connectivity index (χ3n) is 8.45. The van der Waals surface area contributed by atoms with Crippen LogP contribution in [0.4, 0.5) is 10.1 Å². The summed E-state index contributed by atoms with van der Waals surface area (Å²) in [4.78, 5) is 30.1. The van der Waals surface area contributed by atoms with Crippen LogP contribution in [0.3, 0.4) is 0 Å². The molecule has 1 aliphatic carbocycles. The molecule has 10 heteroatoms. The van der Waals surface area contributed by atoms with E-state index in [4.69, 9.17) is 4.74 Å². The van der Waals surface area contributed by atoms with Gasteiger partial charge in [-0.3, -0.25) is 13.9 Å². The van der Waals surface area contributed by atoms with Crippen LogP contribution in [0.1, 0.15) is 42.4 Å². The molecule has 1 fully saturated rings. The van der Waals surface area contributed by atoms with E-state index in [2.05, 4.69) is 5.32 Å². The van der Waals surface area contributed by atoms with Gasteiger partial charge in [-0.1, -0.05) is 73.0 Å². The minimum atomic E-state index is -4.32. The molecule has 0 unspecified atom stereocenters. The van der Waals surface area contributed by atoms with E-state index in [0.29, 0.717) is 5.75 Å². The number of hydrogen-bond donors (Lipinski definition) is 1. The van der Waals surface area contributed by atoms with Crippen molar-refractivity contribution in [2.75, 3.05) is 18.0 Å². The Balaban J connectivity index is 1.56. The quantitative estimate of drug-likeness (QED) is 0.189. The highest BCUT2D eigenvalue weighted by Gasteiger charge is 2.35. The van der Waals surface area contributed by atoms with Gasteiger partial charge in [0.25, 0.3) is 10.0 Å². The van der Waals surface area contributed by atoms with Crippen LogP contribution in [0.2, 0.25) is 0 Å². The SMILES string of the molecule is COc1ccc(S(=O)(=O)N(CC(=O)N(Cc2cccc(C)c2)[C@@H](Cc2ccccc2)C(=O)NC2CCCC2)c2ccc(F)cc2)cc1. The standard InChI is InChI=1S/C37H40FN3O5S/c1-27-9-8-12-29(23-27)25-40(35(24-28-10-4-3-5-11-28)37(43)39-31-13-6-7-14-31)36(42)26-41(32-17-15-30(38)16-18-32)47(44,45)34-21-19-33(46-2)20-22-34/h3-5,8-12,15-23,31,35H,6-7,13-14,24-26H2,1-2H3,(H,39,43)/t35-/m0/s1. The lowest BCUT2D eigenvalue weighted by atomic mass is 10.0. The van der Waals surface area contributed by atoms with Crippen molar-refractivity contribution in [2.45, 2.75) is 62.6 Å². The molecule has 1 atom stereocenters. The molecule has 1 aliphatic rings. The number of hydrogen-bond acceptors (Lipinski definition) is 5. The van der Waals surface area contributed by atoms with Gasteiger partial charge in [-0.15, -0.1) is 0 Å². The van der Waals surface area contributed by atoms with Crippen LogP contribution in [0.25, 0.3) is 0 Å². The number of nitrogens with zero attached hydrogens (tertiary/aromatic N) is 2. The molecule has 0 radical (unpaired) electrons. The maximum atomic E-state index is 14.6. The largest absolute Gasteiger partial charge is 0.497 e. The Kier molecular flexibility index (Phi) is 10.9. The number of amides is 2. The summed E-state index contributed by atoms with van der Waals surface area (Å²) in [6, 6.07) is 27.0. The number of nitrogens with one attached hydrogen (secondary N) is 1. The number of rotatable bonds is 13. The van der Waals surface area contributed by atoms with Gasteiger partial charge in [0.15, 0.2) is 0 Å². The highest BCUT2D eigenvalue weighted by molar-refractivity contribution is 7.92. The van der Waals surface area contributed by atoms with Crippen molar-refractivity contribution in [2.24, 2.45) is 0 Å². The number of aryl methyl sites for hydroxylation is 1. The van der Waals surface area contributed by atoms with Crippen molar-refractivity contribution >= 4 is 27.5 Å². The van der Waals surface area contributed by atoms with Gasteiger partial charge in [-0.05, 0) is 79.4 Å². The van der Waals surface area contributed by atoms with Crippen LogP contribution in [-0.2, 0) is 32.6 Å². The van der Waals surface area contributed by atoms with Gasteiger partial charge in [0.1, 0.15) is 24.2 Å². The maximum absolute atomic E-state index is 14.6. The van der Waals surface area contributed by atoms with Crippen LogP contribution in [0.5, 0.6) is 5.75 Å². The summed E-state index contributed by atoms with van der Waals surface area (Å²) in [6.07, 6.45) is 4.02. The highest BCUT2D eigenvalue weighted by Crippen LogP contribution is 2.27. The Morgan fingerprint density at radius 3 is 2.19 bits per heavy atom. The monoisotopic (exact) mass is 657 g/mol. The molecule has 2 amide bonds. The smallest absolute Gasteiger partial charge is 0.264 e. The number of methoxy groups -OCH3 is 1. The Labute approximate surface area is 276 Å². The van der Waals surface area contributed by atoms with Gasteiger partial charge in [0.2, 0.25) is 11.8 Å². The second-order valence-electron chi connectivity index (χ2n) is 11.9. The second kappa shape index (κ2) is 15.3. The zero-order valence-electron chi connectivity index (χ0n) is 26.6. The van der Waals surface area contributed by atoms with Crippen molar-refractivity contribution in [1.82, 2.24) is 10.2 Å². The van der Waals surface area contributed by atoms with Crippen LogP contribution < -0.4 is 14.4 Å². The van der Waals surface area contributed by atoms with Crippen molar-refractivity contribution in [3.05, 3.63) is 126 Å². The summed E-state index contributed by atoms with van der Waals surface area (Å²) in [6.45, 7) is 1.41. The number of carbonyl (C=O) groups excluding carboxylic acids is 2. The van der Waals surface area contributed by atoms with E-state index in [1.54, 1.807) is 0 Å². The number of halogens is 1. The molecule has 0 heterocycles. The summed E-state index contributed by atoms with van der Waals surface area (Å²) in [5, 5.41) is 3.17. The van der Waals surface area contributed by atoms with Crippen LogP contribution in [-0.4, -0.2) is 50.9 Å². The van der Waals surface area contributed by atoms with Crippen molar-refractivity contribution in [1.29, 1.82) is 0 Å². The summed E-state index contributed by atoms with van der Waals surface area (Å²) >= 11 is 0. The first-order valence-electron chi connectivity index (χ1n) is 15.8. The first-order valence-corrected chi connectivity index (χ1v) is 17.2. The first kappa shape index (κ1) is 33.7. The van der Waals surface area contributed by atoms with Gasteiger partial charge in [-0.2, -0.15) is 0 Å². The molecular weight excluding hydrogens is 617 g/mol. The zero-order chi connectivity index (χ0) is 33.4. The fraction of sp³-hybridized carbons (Fsp3) is 0.297. The molecule has 0 aromatic heterocycles. The number of carbonyl (C=O) groups is 2.